The molecule has 17 unspecified atom stereocenters. The van der Waals surface area contributed by atoms with Crippen LogP contribution in [0.4, 0.5) is 0 Å². The second-order valence-electron chi connectivity index (χ2n) is 29.2. The van der Waals surface area contributed by atoms with Gasteiger partial charge in [0.25, 0.3) is 0 Å². The highest BCUT2D eigenvalue weighted by Crippen LogP contribution is 2.33. The highest BCUT2D eigenvalue weighted by molar-refractivity contribution is 5.76. The number of hydrogen-bond acceptors (Lipinski definition) is 18. The van der Waals surface area contributed by atoms with Crippen LogP contribution < -0.4 is 5.32 Å². The number of amides is 1. The first-order valence-corrected chi connectivity index (χ1v) is 40.6. The zero-order valence-corrected chi connectivity index (χ0v) is 61.8. The molecule has 0 bridgehead atoms. The van der Waals surface area contributed by atoms with Gasteiger partial charge in [-0.1, -0.05) is 327 Å². The maximum Gasteiger partial charge on any atom is 0.220 e. The maximum absolute atomic E-state index is 13.4. The van der Waals surface area contributed by atoms with E-state index in [1.807, 2.05) is 6.08 Å². The maximum atomic E-state index is 13.4. The van der Waals surface area contributed by atoms with Crippen LogP contribution in [0.5, 0.6) is 0 Å². The number of ether oxygens (including phenoxy) is 6. The predicted molar refractivity (Wildman–Crippen MR) is 388 cm³/mol. The third-order valence-electron chi connectivity index (χ3n) is 20.5. The number of carbonyl (C=O) groups is 1. The van der Waals surface area contributed by atoms with Crippen molar-refractivity contribution in [1.29, 1.82) is 0 Å². The molecule has 12 N–H and O–H groups in total. The van der Waals surface area contributed by atoms with Gasteiger partial charge in [-0.25, -0.2) is 0 Å². The number of hydrogen-bond donors (Lipinski definition) is 12. The fourth-order valence-electron chi connectivity index (χ4n) is 14.0. The lowest BCUT2D eigenvalue weighted by atomic mass is 9.96. The minimum atomic E-state index is -1.98. The molecule has 0 aromatic heterocycles. The summed E-state index contributed by atoms with van der Waals surface area (Å²) in [6.07, 6.45) is 46.5. The average molecular weight is 1400 g/mol. The Balaban J connectivity index is 1.28. The van der Waals surface area contributed by atoms with Gasteiger partial charge in [-0.2, -0.15) is 0 Å². The fraction of sp³-hybridized carbons (Fsp3) is 0.937. The minimum Gasteiger partial charge on any atom is -0.394 e. The Hall–Kier alpha value is -1.73. The topological polar surface area (TPSA) is 307 Å². The molecule has 3 rings (SSSR count). The first kappa shape index (κ1) is 90.5. The van der Waals surface area contributed by atoms with Crippen LogP contribution >= 0.6 is 0 Å². The van der Waals surface area contributed by atoms with E-state index in [4.69, 9.17) is 28.4 Å². The van der Waals surface area contributed by atoms with Crippen LogP contribution in [0.1, 0.15) is 341 Å². The van der Waals surface area contributed by atoms with E-state index in [2.05, 4.69) is 31.3 Å². The van der Waals surface area contributed by atoms with Gasteiger partial charge in [0.15, 0.2) is 18.9 Å². The predicted octanol–water partition coefficient (Wildman–Crippen LogP) is 13.3. The molecule has 3 aliphatic heterocycles. The van der Waals surface area contributed by atoms with Gasteiger partial charge < -0.3 is 89.9 Å². The Morgan fingerprint density at radius 3 is 1.02 bits per heavy atom. The molecule has 578 valence electrons. The van der Waals surface area contributed by atoms with Crippen molar-refractivity contribution in [3.05, 3.63) is 24.3 Å². The van der Waals surface area contributed by atoms with E-state index in [1.54, 1.807) is 6.08 Å². The molecule has 17 atom stereocenters. The van der Waals surface area contributed by atoms with Crippen molar-refractivity contribution in [3.63, 3.8) is 0 Å². The van der Waals surface area contributed by atoms with Crippen LogP contribution in [0.3, 0.4) is 0 Å². The summed E-state index contributed by atoms with van der Waals surface area (Å²) >= 11 is 0. The van der Waals surface area contributed by atoms with Gasteiger partial charge in [0.1, 0.15) is 73.2 Å². The second-order valence-corrected chi connectivity index (χ2v) is 29.2. The van der Waals surface area contributed by atoms with Crippen LogP contribution in [0.25, 0.3) is 0 Å². The molecule has 0 aliphatic carbocycles. The number of rotatable bonds is 65. The van der Waals surface area contributed by atoms with E-state index in [-0.39, 0.29) is 18.9 Å². The average Bonchev–Trinajstić information content (AvgIpc) is 0.785. The molecular weight excluding hydrogens is 1250 g/mol. The van der Waals surface area contributed by atoms with Crippen LogP contribution in [0.2, 0.25) is 0 Å². The van der Waals surface area contributed by atoms with E-state index in [9.17, 15) is 61.0 Å². The highest BCUT2D eigenvalue weighted by Gasteiger charge is 2.54. The van der Waals surface area contributed by atoms with Crippen molar-refractivity contribution in [1.82, 2.24) is 5.32 Å². The van der Waals surface area contributed by atoms with Crippen LogP contribution in [-0.4, -0.2) is 193 Å². The van der Waals surface area contributed by atoms with E-state index in [0.29, 0.717) is 12.8 Å². The Labute approximate surface area is 594 Å². The summed E-state index contributed by atoms with van der Waals surface area (Å²) in [7, 11) is 0. The molecule has 3 heterocycles. The van der Waals surface area contributed by atoms with Gasteiger partial charge >= 0.3 is 0 Å². The number of aliphatic hydroxyl groups excluding tert-OH is 11. The van der Waals surface area contributed by atoms with Crippen molar-refractivity contribution in [2.24, 2.45) is 0 Å². The molecule has 0 saturated carbocycles. The Morgan fingerprint density at radius 2 is 0.653 bits per heavy atom. The molecule has 3 fully saturated rings. The molecule has 19 nitrogen and oxygen atoms in total. The minimum absolute atomic E-state index is 0.241. The van der Waals surface area contributed by atoms with E-state index in [1.165, 1.54) is 270 Å². The molecule has 3 aliphatic rings. The quantitative estimate of drug-likeness (QED) is 0.0199. The normalized spacial score (nSPS) is 26.8. The van der Waals surface area contributed by atoms with Gasteiger partial charge in [-0.15, -0.1) is 0 Å². The summed E-state index contributed by atoms with van der Waals surface area (Å²) in [5.41, 5.74) is 0. The highest BCUT2D eigenvalue weighted by atomic mass is 16.8. The third kappa shape index (κ3) is 40.5. The van der Waals surface area contributed by atoms with Crippen molar-refractivity contribution in [2.75, 3.05) is 26.4 Å². The molecule has 0 aromatic carbocycles. The van der Waals surface area contributed by atoms with Crippen molar-refractivity contribution in [2.45, 2.75) is 446 Å². The number of allylic oxidation sites excluding steroid dienone is 3. The third-order valence-corrected chi connectivity index (χ3v) is 20.5. The summed E-state index contributed by atoms with van der Waals surface area (Å²) < 4.78 is 34.4. The number of aliphatic hydroxyl groups is 11. The molecule has 19 heteroatoms. The van der Waals surface area contributed by atoms with Gasteiger partial charge in [-0.05, 0) is 32.1 Å². The monoisotopic (exact) mass is 1400 g/mol. The van der Waals surface area contributed by atoms with Crippen LogP contribution in [-0.2, 0) is 33.2 Å². The van der Waals surface area contributed by atoms with E-state index >= 15 is 0 Å². The molecular formula is C79H149NO18. The van der Waals surface area contributed by atoms with Gasteiger partial charge in [0.05, 0.1) is 38.6 Å². The molecule has 0 aromatic rings. The summed E-state index contributed by atoms with van der Waals surface area (Å²) in [6.45, 7) is 1.74. The summed E-state index contributed by atoms with van der Waals surface area (Å²) in [5, 5.41) is 121. The Kier molecular flexibility index (Phi) is 55.9. The summed E-state index contributed by atoms with van der Waals surface area (Å²) in [5.74, 6) is -0.279. The zero-order chi connectivity index (χ0) is 71.1. The Morgan fingerprint density at radius 1 is 0.357 bits per heavy atom. The van der Waals surface area contributed by atoms with Gasteiger partial charge in [-0.3, -0.25) is 4.79 Å². The number of unbranched alkanes of at least 4 members (excludes halogenated alkanes) is 47. The molecule has 0 radical (unpaired) electrons. The number of nitrogens with one attached hydrogen (secondary N) is 1. The standard InChI is InChI=1S/C79H149NO18/c1-3-5-7-9-11-13-15-17-19-20-21-22-23-24-25-26-27-28-29-30-31-32-33-34-35-36-37-38-39-40-41-42-43-45-47-49-51-53-55-57-67(85)80-62(63(84)56-54-52-50-48-46-44-18-16-14-12-10-8-6-4-2)61-93-77-73(91)70(88)75(65(59-82)95-77)98-79-74(92)71(89)76(66(60-83)96-79)97-78-72(90)69(87)68(86)64(58-81)94-78/h46,48,54,56,62-66,68-79,81-84,86-92H,3-45,47,49-53,55,57-61H2,1-2H3,(H,80,85)/b48-46+,56-54+. The molecule has 0 spiro atoms. The smallest absolute Gasteiger partial charge is 0.220 e. The number of carbonyl (C=O) groups excluding carboxylic acids is 1. The van der Waals surface area contributed by atoms with Crippen molar-refractivity contribution in [3.8, 4) is 0 Å². The SMILES string of the molecule is CCCCCCCCCC/C=C/CC/C=C/C(O)C(COC1OC(CO)C(OC2OC(CO)C(OC3OC(CO)C(O)C(O)C3O)C(O)C2O)C(O)C1O)NC(=O)CCCCCCCCCCCCCCCCCCCCCCCCCCCCCCCCCCCCCCCCC. The molecule has 98 heavy (non-hydrogen) atoms. The zero-order valence-electron chi connectivity index (χ0n) is 61.8. The lowest BCUT2D eigenvalue weighted by molar-refractivity contribution is -0.379. The lowest BCUT2D eigenvalue weighted by Crippen LogP contribution is -2.66. The Bertz CT molecular complexity index is 1870. The fourth-order valence-corrected chi connectivity index (χ4v) is 14.0. The first-order chi connectivity index (χ1) is 47.8. The largest absolute Gasteiger partial charge is 0.394 e. The van der Waals surface area contributed by atoms with E-state index in [0.717, 1.165) is 38.5 Å². The van der Waals surface area contributed by atoms with Gasteiger partial charge in [0.2, 0.25) is 5.91 Å². The van der Waals surface area contributed by atoms with Crippen LogP contribution in [0.15, 0.2) is 24.3 Å². The van der Waals surface area contributed by atoms with E-state index < -0.39 is 124 Å². The van der Waals surface area contributed by atoms with Crippen LogP contribution in [0, 0.1) is 0 Å². The van der Waals surface area contributed by atoms with Gasteiger partial charge in [0, 0.05) is 6.42 Å². The lowest BCUT2D eigenvalue weighted by Gasteiger charge is -2.48. The molecule has 1 amide bonds. The first-order valence-electron chi connectivity index (χ1n) is 40.6. The second kappa shape index (κ2) is 60.5. The molecule has 3 saturated heterocycles. The summed E-state index contributed by atoms with van der Waals surface area (Å²) in [6, 6.07) is -0.987. The van der Waals surface area contributed by atoms with Crippen molar-refractivity contribution < 1.29 is 89.4 Å². The van der Waals surface area contributed by atoms with Crippen molar-refractivity contribution >= 4 is 5.91 Å². The summed E-state index contributed by atoms with van der Waals surface area (Å²) in [4.78, 5) is 13.4.